The minimum Gasteiger partial charge on any atom is -0.457 e. The molecule has 2 aromatic carbocycles. The van der Waals surface area contributed by atoms with Gasteiger partial charge in [0.05, 0.1) is 6.10 Å². The van der Waals surface area contributed by atoms with E-state index in [4.69, 9.17) is 4.74 Å². The predicted molar refractivity (Wildman–Crippen MR) is 72.9 cm³/mol. The number of hydrogen-bond acceptors (Lipinski definition) is 2. The van der Waals surface area contributed by atoms with Gasteiger partial charge in [-0.25, -0.2) is 0 Å². The largest absolute Gasteiger partial charge is 0.457 e. The molecule has 0 spiro atoms. The standard InChI is InChI=1S/C16H18O2/c1-3-14(17)13-9-5-7-11-16(13)18-15-10-6-4-8-12(15)2/h4-11,14,17H,3H2,1-2H3. The maximum Gasteiger partial charge on any atom is 0.133 e. The Labute approximate surface area is 108 Å². The summed E-state index contributed by atoms with van der Waals surface area (Å²) in [6.45, 7) is 3.96. The third-order valence-electron chi connectivity index (χ3n) is 2.98. The molecule has 1 N–H and O–H groups in total. The van der Waals surface area contributed by atoms with Crippen molar-refractivity contribution < 1.29 is 9.84 Å². The summed E-state index contributed by atoms with van der Waals surface area (Å²) in [4.78, 5) is 0. The second kappa shape index (κ2) is 5.69. The van der Waals surface area contributed by atoms with Gasteiger partial charge < -0.3 is 9.84 Å². The Kier molecular flexibility index (Phi) is 4.00. The SMILES string of the molecule is CCC(O)c1ccccc1Oc1ccccc1C. The summed E-state index contributed by atoms with van der Waals surface area (Å²) in [6.07, 6.45) is 0.193. The highest BCUT2D eigenvalue weighted by Crippen LogP contribution is 2.32. The van der Waals surface area contributed by atoms with Crippen molar-refractivity contribution in [2.45, 2.75) is 26.4 Å². The van der Waals surface area contributed by atoms with Crippen LogP contribution in [0.15, 0.2) is 48.5 Å². The van der Waals surface area contributed by atoms with Crippen molar-refractivity contribution in [2.75, 3.05) is 0 Å². The molecular weight excluding hydrogens is 224 g/mol. The second-order valence-electron chi connectivity index (χ2n) is 4.33. The zero-order valence-electron chi connectivity index (χ0n) is 10.8. The lowest BCUT2D eigenvalue weighted by atomic mass is 10.1. The Morgan fingerprint density at radius 3 is 2.28 bits per heavy atom. The first-order valence-corrected chi connectivity index (χ1v) is 6.23. The summed E-state index contributed by atoms with van der Waals surface area (Å²) in [7, 11) is 0. The molecule has 0 amide bonds. The summed E-state index contributed by atoms with van der Waals surface area (Å²) in [5.74, 6) is 1.55. The monoisotopic (exact) mass is 242 g/mol. The van der Waals surface area contributed by atoms with Gasteiger partial charge in [0.1, 0.15) is 11.5 Å². The minimum absolute atomic E-state index is 0.481. The fraction of sp³-hybridized carbons (Fsp3) is 0.250. The van der Waals surface area contributed by atoms with Crippen LogP contribution in [-0.2, 0) is 0 Å². The summed E-state index contributed by atoms with van der Waals surface area (Å²) in [5, 5.41) is 9.98. The maximum atomic E-state index is 9.98. The van der Waals surface area contributed by atoms with Gasteiger partial charge in [-0.05, 0) is 31.0 Å². The van der Waals surface area contributed by atoms with Gasteiger partial charge in [0.15, 0.2) is 0 Å². The molecule has 0 saturated carbocycles. The molecule has 18 heavy (non-hydrogen) atoms. The normalized spacial score (nSPS) is 12.2. The van der Waals surface area contributed by atoms with Gasteiger partial charge in [0.25, 0.3) is 0 Å². The number of aliphatic hydroxyl groups is 1. The van der Waals surface area contributed by atoms with Gasteiger partial charge in [-0.2, -0.15) is 0 Å². The Bertz CT molecular complexity index is 520. The molecular formula is C16H18O2. The molecule has 0 aromatic heterocycles. The summed E-state index contributed by atoms with van der Waals surface area (Å²) < 4.78 is 5.90. The number of hydrogen-bond donors (Lipinski definition) is 1. The third kappa shape index (κ3) is 2.71. The van der Waals surface area contributed by atoms with Crippen LogP contribution in [0, 0.1) is 6.92 Å². The summed E-state index contributed by atoms with van der Waals surface area (Å²) in [6, 6.07) is 15.5. The topological polar surface area (TPSA) is 29.5 Å². The lowest BCUT2D eigenvalue weighted by Gasteiger charge is -2.15. The van der Waals surface area contributed by atoms with Crippen molar-refractivity contribution in [3.05, 3.63) is 59.7 Å². The molecule has 2 rings (SSSR count). The number of aliphatic hydroxyl groups excluding tert-OH is 1. The van der Waals surface area contributed by atoms with Crippen LogP contribution in [0.2, 0.25) is 0 Å². The fourth-order valence-corrected chi connectivity index (χ4v) is 1.86. The maximum absolute atomic E-state index is 9.98. The Morgan fingerprint density at radius 2 is 1.61 bits per heavy atom. The van der Waals surface area contributed by atoms with Crippen LogP contribution in [0.5, 0.6) is 11.5 Å². The van der Waals surface area contributed by atoms with Crippen LogP contribution < -0.4 is 4.74 Å². The molecule has 2 nitrogen and oxygen atoms in total. The molecule has 2 heteroatoms. The first-order valence-electron chi connectivity index (χ1n) is 6.23. The van der Waals surface area contributed by atoms with Gasteiger partial charge >= 0.3 is 0 Å². The van der Waals surface area contributed by atoms with Crippen molar-refractivity contribution in [1.29, 1.82) is 0 Å². The van der Waals surface area contributed by atoms with Gasteiger partial charge in [-0.15, -0.1) is 0 Å². The van der Waals surface area contributed by atoms with Crippen LogP contribution in [0.3, 0.4) is 0 Å². The molecule has 1 unspecified atom stereocenters. The fourth-order valence-electron chi connectivity index (χ4n) is 1.86. The highest BCUT2D eigenvalue weighted by atomic mass is 16.5. The van der Waals surface area contributed by atoms with Crippen molar-refractivity contribution in [2.24, 2.45) is 0 Å². The van der Waals surface area contributed by atoms with Gasteiger partial charge in [-0.3, -0.25) is 0 Å². The van der Waals surface area contributed by atoms with E-state index in [1.165, 1.54) is 0 Å². The van der Waals surface area contributed by atoms with E-state index in [9.17, 15) is 5.11 Å². The van der Waals surface area contributed by atoms with E-state index in [-0.39, 0.29) is 0 Å². The first-order chi connectivity index (χ1) is 8.72. The van der Waals surface area contributed by atoms with Crippen molar-refractivity contribution >= 4 is 0 Å². The van der Waals surface area contributed by atoms with Crippen molar-refractivity contribution in [3.8, 4) is 11.5 Å². The average molecular weight is 242 g/mol. The summed E-state index contributed by atoms with van der Waals surface area (Å²) in [5.41, 5.74) is 1.92. The minimum atomic E-state index is -0.481. The van der Waals surface area contributed by atoms with Crippen LogP contribution in [-0.4, -0.2) is 5.11 Å². The zero-order chi connectivity index (χ0) is 13.0. The van der Waals surface area contributed by atoms with Crippen molar-refractivity contribution in [1.82, 2.24) is 0 Å². The van der Waals surface area contributed by atoms with Crippen LogP contribution in [0.1, 0.15) is 30.6 Å². The molecule has 0 aliphatic carbocycles. The lowest BCUT2D eigenvalue weighted by molar-refractivity contribution is 0.170. The molecule has 0 aliphatic rings. The smallest absolute Gasteiger partial charge is 0.133 e. The first kappa shape index (κ1) is 12.7. The highest BCUT2D eigenvalue weighted by Gasteiger charge is 2.12. The molecule has 0 radical (unpaired) electrons. The van der Waals surface area contributed by atoms with Gasteiger partial charge in [0, 0.05) is 5.56 Å². The number of ether oxygens (including phenoxy) is 1. The van der Waals surface area contributed by atoms with Crippen molar-refractivity contribution in [3.63, 3.8) is 0 Å². The predicted octanol–water partition coefficient (Wildman–Crippen LogP) is 4.23. The molecule has 1 atom stereocenters. The Balaban J connectivity index is 2.32. The van der Waals surface area contributed by atoms with Crippen LogP contribution in [0.25, 0.3) is 0 Å². The van der Waals surface area contributed by atoms with E-state index in [1.807, 2.05) is 62.4 Å². The van der Waals surface area contributed by atoms with E-state index in [0.717, 1.165) is 22.6 Å². The summed E-state index contributed by atoms with van der Waals surface area (Å²) >= 11 is 0. The molecule has 0 saturated heterocycles. The molecule has 0 bridgehead atoms. The van der Waals surface area contributed by atoms with Gasteiger partial charge in [0.2, 0.25) is 0 Å². The molecule has 2 aromatic rings. The Hall–Kier alpha value is -1.80. The lowest BCUT2D eigenvalue weighted by Crippen LogP contribution is -1.99. The number of para-hydroxylation sites is 2. The Morgan fingerprint density at radius 1 is 1.00 bits per heavy atom. The van der Waals surface area contributed by atoms with E-state index in [1.54, 1.807) is 0 Å². The van der Waals surface area contributed by atoms with E-state index >= 15 is 0 Å². The second-order valence-corrected chi connectivity index (χ2v) is 4.33. The molecule has 94 valence electrons. The third-order valence-corrected chi connectivity index (χ3v) is 2.98. The quantitative estimate of drug-likeness (QED) is 0.869. The van der Waals surface area contributed by atoms with E-state index in [2.05, 4.69) is 0 Å². The molecule has 0 aliphatic heterocycles. The van der Waals surface area contributed by atoms with E-state index < -0.39 is 6.10 Å². The number of rotatable bonds is 4. The number of benzene rings is 2. The number of aryl methyl sites for hydroxylation is 1. The van der Waals surface area contributed by atoms with Crippen LogP contribution >= 0.6 is 0 Å². The van der Waals surface area contributed by atoms with Gasteiger partial charge in [-0.1, -0.05) is 43.3 Å². The highest BCUT2D eigenvalue weighted by molar-refractivity contribution is 5.41. The van der Waals surface area contributed by atoms with Crippen LogP contribution in [0.4, 0.5) is 0 Å². The molecule has 0 fully saturated rings. The zero-order valence-corrected chi connectivity index (χ0v) is 10.8. The molecule has 0 heterocycles. The average Bonchev–Trinajstić information content (AvgIpc) is 2.41. The van der Waals surface area contributed by atoms with E-state index in [0.29, 0.717) is 6.42 Å².